The van der Waals surface area contributed by atoms with Crippen molar-refractivity contribution < 1.29 is 4.74 Å². The maximum Gasteiger partial charge on any atom is 0.168 e. The van der Waals surface area contributed by atoms with Gasteiger partial charge in [0.25, 0.3) is 0 Å². The lowest BCUT2D eigenvalue weighted by Gasteiger charge is -2.26. The summed E-state index contributed by atoms with van der Waals surface area (Å²) >= 11 is 0. The second-order valence-electron chi connectivity index (χ2n) is 4.63. The van der Waals surface area contributed by atoms with Gasteiger partial charge in [-0.15, -0.1) is 0 Å². The maximum atomic E-state index is 6.04. The predicted molar refractivity (Wildman–Crippen MR) is 74.4 cm³/mol. The smallest absolute Gasteiger partial charge is 0.168 e. The standard InChI is InChI=1S/C15H13N3O/c1-2-5-12-10(4-1)11(8-17-12)14-9-18-15-13(19-14)6-3-7-16-15/h1-8,14,17H,9H2,(H,16,18). The first-order valence-electron chi connectivity index (χ1n) is 6.33. The van der Waals surface area contributed by atoms with Crippen molar-refractivity contribution in [3.8, 4) is 5.75 Å². The summed E-state index contributed by atoms with van der Waals surface area (Å²) in [5.41, 5.74) is 2.32. The molecule has 0 fully saturated rings. The van der Waals surface area contributed by atoms with Gasteiger partial charge in [0.05, 0.1) is 6.54 Å². The van der Waals surface area contributed by atoms with E-state index < -0.39 is 0 Å². The van der Waals surface area contributed by atoms with Gasteiger partial charge < -0.3 is 15.0 Å². The van der Waals surface area contributed by atoms with Gasteiger partial charge >= 0.3 is 0 Å². The number of benzene rings is 1. The fraction of sp³-hybridized carbons (Fsp3) is 0.133. The van der Waals surface area contributed by atoms with E-state index in [-0.39, 0.29) is 6.10 Å². The molecule has 1 aromatic carbocycles. The molecule has 1 aliphatic rings. The number of aromatic nitrogens is 2. The van der Waals surface area contributed by atoms with E-state index in [9.17, 15) is 0 Å². The summed E-state index contributed by atoms with van der Waals surface area (Å²) in [6.45, 7) is 0.728. The van der Waals surface area contributed by atoms with E-state index in [1.807, 2.05) is 30.5 Å². The molecular formula is C15H13N3O. The van der Waals surface area contributed by atoms with Gasteiger partial charge in [0.1, 0.15) is 6.10 Å². The van der Waals surface area contributed by atoms with Crippen LogP contribution in [-0.2, 0) is 0 Å². The second-order valence-corrected chi connectivity index (χ2v) is 4.63. The van der Waals surface area contributed by atoms with Crippen molar-refractivity contribution in [1.29, 1.82) is 0 Å². The number of para-hydroxylation sites is 1. The van der Waals surface area contributed by atoms with Crippen LogP contribution in [0.3, 0.4) is 0 Å². The van der Waals surface area contributed by atoms with E-state index in [0.717, 1.165) is 23.6 Å². The first kappa shape index (κ1) is 10.4. The summed E-state index contributed by atoms with van der Waals surface area (Å²) in [4.78, 5) is 7.54. The van der Waals surface area contributed by atoms with Crippen molar-refractivity contribution in [2.45, 2.75) is 6.10 Å². The third kappa shape index (κ3) is 1.64. The Balaban J connectivity index is 1.75. The molecule has 1 aliphatic heterocycles. The van der Waals surface area contributed by atoms with E-state index in [4.69, 9.17) is 4.74 Å². The number of H-pyrrole nitrogens is 1. The third-order valence-corrected chi connectivity index (χ3v) is 3.46. The minimum absolute atomic E-state index is 0.00727. The minimum Gasteiger partial charge on any atom is -0.480 e. The molecule has 2 aromatic heterocycles. The molecule has 3 heterocycles. The lowest BCUT2D eigenvalue weighted by molar-refractivity contribution is 0.210. The molecule has 0 saturated carbocycles. The molecule has 0 aliphatic carbocycles. The summed E-state index contributed by atoms with van der Waals surface area (Å²) in [5.74, 6) is 1.63. The number of hydrogen-bond acceptors (Lipinski definition) is 3. The molecule has 2 N–H and O–H groups in total. The molecule has 1 atom stereocenters. The number of hydrogen-bond donors (Lipinski definition) is 2. The number of anilines is 1. The molecule has 4 rings (SSSR count). The molecule has 94 valence electrons. The van der Waals surface area contributed by atoms with Crippen LogP contribution in [0.15, 0.2) is 48.8 Å². The fourth-order valence-corrected chi connectivity index (χ4v) is 2.54. The van der Waals surface area contributed by atoms with Crippen molar-refractivity contribution in [2.24, 2.45) is 0 Å². The quantitative estimate of drug-likeness (QED) is 0.698. The molecule has 1 unspecified atom stereocenters. The number of aromatic amines is 1. The van der Waals surface area contributed by atoms with Crippen LogP contribution in [0.25, 0.3) is 10.9 Å². The van der Waals surface area contributed by atoms with E-state index in [0.29, 0.717) is 0 Å². The normalized spacial score (nSPS) is 17.6. The molecule has 4 heteroatoms. The zero-order valence-corrected chi connectivity index (χ0v) is 10.3. The van der Waals surface area contributed by atoms with Crippen LogP contribution in [0, 0.1) is 0 Å². The summed E-state index contributed by atoms with van der Waals surface area (Å²) in [5, 5.41) is 4.53. The molecule has 0 amide bonds. The van der Waals surface area contributed by atoms with Crippen LogP contribution < -0.4 is 10.1 Å². The van der Waals surface area contributed by atoms with Crippen molar-refractivity contribution in [1.82, 2.24) is 9.97 Å². The van der Waals surface area contributed by atoms with E-state index in [1.54, 1.807) is 6.20 Å². The largest absolute Gasteiger partial charge is 0.480 e. The lowest BCUT2D eigenvalue weighted by atomic mass is 10.1. The van der Waals surface area contributed by atoms with E-state index in [2.05, 4.69) is 27.4 Å². The summed E-state index contributed by atoms with van der Waals surface area (Å²) in [6, 6.07) is 12.1. The second kappa shape index (κ2) is 4.02. The van der Waals surface area contributed by atoms with Crippen LogP contribution in [0.2, 0.25) is 0 Å². The van der Waals surface area contributed by atoms with Crippen molar-refractivity contribution in [2.75, 3.05) is 11.9 Å². The highest BCUT2D eigenvalue weighted by atomic mass is 16.5. The van der Waals surface area contributed by atoms with Gasteiger partial charge in [-0.25, -0.2) is 4.98 Å². The minimum atomic E-state index is 0.00727. The Morgan fingerprint density at radius 2 is 2.11 bits per heavy atom. The number of ether oxygens (including phenoxy) is 1. The SMILES string of the molecule is c1cnc2c(c1)OC(c1c[nH]c3ccccc13)CN2. The molecule has 0 bridgehead atoms. The highest BCUT2D eigenvalue weighted by molar-refractivity contribution is 5.83. The molecule has 0 spiro atoms. The summed E-state index contributed by atoms with van der Waals surface area (Å²) in [7, 11) is 0. The first-order chi connectivity index (χ1) is 9.42. The average Bonchev–Trinajstić information content (AvgIpc) is 2.91. The highest BCUT2D eigenvalue weighted by Gasteiger charge is 2.23. The Bertz CT molecular complexity index is 735. The Kier molecular flexibility index (Phi) is 2.21. The Morgan fingerprint density at radius 3 is 3.11 bits per heavy atom. The van der Waals surface area contributed by atoms with Gasteiger partial charge in [-0.3, -0.25) is 0 Å². The third-order valence-electron chi connectivity index (χ3n) is 3.46. The highest BCUT2D eigenvalue weighted by Crippen LogP contribution is 2.34. The summed E-state index contributed by atoms with van der Waals surface area (Å²) < 4.78 is 6.04. The number of nitrogens with one attached hydrogen (secondary N) is 2. The first-order valence-corrected chi connectivity index (χ1v) is 6.33. The molecular weight excluding hydrogens is 238 g/mol. The van der Waals surface area contributed by atoms with Gasteiger partial charge in [-0.05, 0) is 18.2 Å². The predicted octanol–water partition coefficient (Wildman–Crippen LogP) is 3.11. The van der Waals surface area contributed by atoms with Crippen LogP contribution >= 0.6 is 0 Å². The van der Waals surface area contributed by atoms with Gasteiger partial charge in [0.2, 0.25) is 0 Å². The zero-order chi connectivity index (χ0) is 12.7. The molecule has 0 radical (unpaired) electrons. The topological polar surface area (TPSA) is 49.9 Å². The average molecular weight is 251 g/mol. The lowest BCUT2D eigenvalue weighted by Crippen LogP contribution is -2.24. The van der Waals surface area contributed by atoms with E-state index >= 15 is 0 Å². The number of nitrogens with zero attached hydrogens (tertiary/aromatic N) is 1. The van der Waals surface area contributed by atoms with Crippen LogP contribution in [0.1, 0.15) is 11.7 Å². The van der Waals surface area contributed by atoms with Crippen LogP contribution in [-0.4, -0.2) is 16.5 Å². The van der Waals surface area contributed by atoms with Gasteiger partial charge in [-0.1, -0.05) is 18.2 Å². The van der Waals surface area contributed by atoms with Crippen LogP contribution in [0.4, 0.5) is 5.82 Å². The Morgan fingerprint density at radius 1 is 1.16 bits per heavy atom. The monoisotopic (exact) mass is 251 g/mol. The van der Waals surface area contributed by atoms with Crippen LogP contribution in [0.5, 0.6) is 5.75 Å². The molecule has 19 heavy (non-hydrogen) atoms. The fourth-order valence-electron chi connectivity index (χ4n) is 2.54. The molecule has 4 nitrogen and oxygen atoms in total. The molecule has 3 aromatic rings. The van der Waals surface area contributed by atoms with Gasteiger partial charge in [0.15, 0.2) is 11.6 Å². The summed E-state index contributed by atoms with van der Waals surface area (Å²) in [6.07, 6.45) is 3.80. The van der Waals surface area contributed by atoms with Crippen molar-refractivity contribution in [3.05, 3.63) is 54.4 Å². The van der Waals surface area contributed by atoms with Crippen molar-refractivity contribution >= 4 is 16.7 Å². The Labute approximate surface area is 110 Å². The number of rotatable bonds is 1. The number of fused-ring (bicyclic) bond motifs is 2. The van der Waals surface area contributed by atoms with Gasteiger partial charge in [0, 0.05) is 28.9 Å². The number of pyridine rings is 1. The maximum absolute atomic E-state index is 6.04. The Hall–Kier alpha value is -2.49. The zero-order valence-electron chi connectivity index (χ0n) is 10.3. The molecule has 0 saturated heterocycles. The van der Waals surface area contributed by atoms with Gasteiger partial charge in [-0.2, -0.15) is 0 Å². The van der Waals surface area contributed by atoms with Crippen molar-refractivity contribution in [3.63, 3.8) is 0 Å². The van der Waals surface area contributed by atoms with E-state index in [1.165, 1.54) is 10.9 Å².